The van der Waals surface area contributed by atoms with E-state index in [0.29, 0.717) is 6.42 Å². The number of aliphatic hydroxyl groups excluding tert-OH is 1. The summed E-state index contributed by atoms with van der Waals surface area (Å²) in [5, 5.41) is 20.5. The summed E-state index contributed by atoms with van der Waals surface area (Å²) in [6, 6.07) is 1.55. The molecule has 4 atom stereocenters. The van der Waals surface area contributed by atoms with Gasteiger partial charge in [-0.3, -0.25) is 4.57 Å². The van der Waals surface area contributed by atoms with Crippen LogP contribution in [-0.2, 0) is 4.74 Å². The third-order valence-electron chi connectivity index (χ3n) is 3.65. The molecule has 0 bridgehead atoms. The predicted octanol–water partition coefficient (Wildman–Crippen LogP) is -0.116. The van der Waals surface area contributed by atoms with E-state index in [1.165, 1.54) is 24.0 Å². The zero-order chi connectivity index (χ0) is 16.5. The van der Waals surface area contributed by atoms with Gasteiger partial charge in [-0.2, -0.15) is 4.98 Å². The highest BCUT2D eigenvalue weighted by atomic mass is 16.6. The van der Waals surface area contributed by atoms with Crippen LogP contribution in [-0.4, -0.2) is 62.9 Å². The first-order valence-corrected chi connectivity index (χ1v) is 7.13. The molecule has 2 N–H and O–H groups in total. The lowest BCUT2D eigenvalue weighted by Gasteiger charge is -2.27. The highest BCUT2D eigenvalue weighted by molar-refractivity contribution is 5.58. The van der Waals surface area contributed by atoms with E-state index in [2.05, 4.69) is 9.98 Å². The third kappa shape index (κ3) is 3.03. The van der Waals surface area contributed by atoms with E-state index in [-0.39, 0.29) is 5.82 Å². The summed E-state index contributed by atoms with van der Waals surface area (Å²) in [6.07, 6.45) is 0.937. The number of rotatable bonds is 4. The van der Waals surface area contributed by atoms with Gasteiger partial charge in [0.1, 0.15) is 11.7 Å². The van der Waals surface area contributed by atoms with Crippen molar-refractivity contribution >= 4 is 12.2 Å². The van der Waals surface area contributed by atoms with Crippen LogP contribution in [0.1, 0.15) is 26.5 Å². The van der Waals surface area contributed by atoms with Gasteiger partial charge < -0.3 is 19.8 Å². The largest absolute Gasteiger partial charge is 0.387 e. The molecule has 2 unspecified atom stereocenters. The molecule has 2 heterocycles. The van der Waals surface area contributed by atoms with Crippen LogP contribution in [0.4, 0.5) is 5.82 Å². The predicted molar refractivity (Wildman–Crippen MR) is 81.2 cm³/mol. The maximum atomic E-state index is 12.2. The maximum absolute atomic E-state index is 12.2. The Morgan fingerprint density at radius 1 is 1.59 bits per heavy atom. The van der Waals surface area contributed by atoms with E-state index in [4.69, 9.17) is 4.74 Å². The molecule has 1 saturated heterocycles. The second kappa shape index (κ2) is 6.15. The average molecular weight is 310 g/mol. The maximum Gasteiger partial charge on any atom is 0.351 e. The molecule has 22 heavy (non-hydrogen) atoms. The number of aliphatic hydroxyl groups is 2. The Bertz CT molecular complexity index is 611. The lowest BCUT2D eigenvalue weighted by Crippen LogP contribution is -2.45. The van der Waals surface area contributed by atoms with Crippen molar-refractivity contribution in [2.75, 3.05) is 14.1 Å². The van der Waals surface area contributed by atoms with E-state index in [9.17, 15) is 15.0 Å². The van der Waals surface area contributed by atoms with Crippen LogP contribution in [0.15, 0.2) is 22.1 Å². The molecule has 0 aromatic carbocycles. The molecule has 1 aliphatic heterocycles. The summed E-state index contributed by atoms with van der Waals surface area (Å²) < 4.78 is 6.79. The lowest BCUT2D eigenvalue weighted by atomic mass is 9.95. The Hall–Kier alpha value is -1.77. The van der Waals surface area contributed by atoms with Crippen LogP contribution in [0.25, 0.3) is 0 Å². The molecule has 0 radical (unpaired) electrons. The molecule has 1 fully saturated rings. The van der Waals surface area contributed by atoms with Crippen molar-refractivity contribution < 1.29 is 14.9 Å². The Balaban J connectivity index is 2.32. The van der Waals surface area contributed by atoms with Gasteiger partial charge in [0.25, 0.3) is 0 Å². The second-order valence-corrected chi connectivity index (χ2v) is 5.79. The summed E-state index contributed by atoms with van der Waals surface area (Å²) in [6.45, 7) is 3.29. The van der Waals surface area contributed by atoms with Crippen molar-refractivity contribution in [3.8, 4) is 0 Å². The van der Waals surface area contributed by atoms with E-state index in [0.717, 1.165) is 0 Å². The highest BCUT2D eigenvalue weighted by Crippen LogP contribution is 2.38. The molecule has 2 rings (SSSR count). The number of hydrogen-bond acceptors (Lipinski definition) is 6. The monoisotopic (exact) mass is 310 g/mol. The van der Waals surface area contributed by atoms with E-state index in [1.54, 1.807) is 25.1 Å². The van der Waals surface area contributed by atoms with Gasteiger partial charge in [0.15, 0.2) is 12.0 Å². The average Bonchev–Trinajstić information content (AvgIpc) is 2.68. The summed E-state index contributed by atoms with van der Waals surface area (Å²) in [5.74, 6) is 0.264. The van der Waals surface area contributed by atoms with Gasteiger partial charge in [0.05, 0.1) is 12.4 Å². The van der Waals surface area contributed by atoms with Gasteiger partial charge in [-0.05, 0) is 19.4 Å². The van der Waals surface area contributed by atoms with Crippen LogP contribution in [0.2, 0.25) is 0 Å². The van der Waals surface area contributed by atoms with E-state index >= 15 is 0 Å². The first-order valence-electron chi connectivity index (χ1n) is 7.13. The van der Waals surface area contributed by atoms with Gasteiger partial charge >= 0.3 is 5.69 Å². The van der Waals surface area contributed by atoms with Crippen LogP contribution >= 0.6 is 0 Å². The third-order valence-corrected chi connectivity index (χ3v) is 3.65. The van der Waals surface area contributed by atoms with Gasteiger partial charge in [-0.15, -0.1) is 0 Å². The number of ether oxygens (including phenoxy) is 1. The Morgan fingerprint density at radius 3 is 2.77 bits per heavy atom. The number of hydrogen-bond donors (Lipinski definition) is 2. The Kier molecular flexibility index (Phi) is 4.64. The van der Waals surface area contributed by atoms with Gasteiger partial charge in [0, 0.05) is 20.3 Å². The minimum Gasteiger partial charge on any atom is -0.387 e. The molecule has 0 aliphatic carbocycles. The molecular formula is C14H22N4O4. The van der Waals surface area contributed by atoms with Crippen LogP contribution in [0, 0.1) is 0 Å². The highest BCUT2D eigenvalue weighted by Gasteiger charge is 2.52. The summed E-state index contributed by atoms with van der Waals surface area (Å²) in [5.41, 5.74) is -2.16. The molecule has 1 aromatic rings. The molecule has 0 spiro atoms. The van der Waals surface area contributed by atoms with Gasteiger partial charge in [-0.1, -0.05) is 6.92 Å². The molecule has 8 heteroatoms. The van der Waals surface area contributed by atoms with Crippen molar-refractivity contribution in [3.05, 3.63) is 22.7 Å². The number of aromatic nitrogens is 2. The topological polar surface area (TPSA) is 100 Å². The fraction of sp³-hybridized carbons (Fsp3) is 0.643. The Labute approximate surface area is 128 Å². The fourth-order valence-corrected chi connectivity index (χ4v) is 2.40. The summed E-state index contributed by atoms with van der Waals surface area (Å²) in [4.78, 5) is 21.8. The second-order valence-electron chi connectivity index (χ2n) is 5.79. The Morgan fingerprint density at radius 2 is 2.27 bits per heavy atom. The van der Waals surface area contributed by atoms with Crippen molar-refractivity contribution in [1.82, 2.24) is 14.5 Å². The molecule has 8 nitrogen and oxygen atoms in total. The molecule has 122 valence electrons. The quantitative estimate of drug-likeness (QED) is 0.594. The lowest BCUT2D eigenvalue weighted by molar-refractivity contribution is -0.0975. The zero-order valence-corrected chi connectivity index (χ0v) is 13.2. The minimum absolute atomic E-state index is 0.264. The first-order chi connectivity index (χ1) is 10.3. The van der Waals surface area contributed by atoms with Crippen LogP contribution in [0.5, 0.6) is 0 Å². The van der Waals surface area contributed by atoms with Crippen molar-refractivity contribution in [1.29, 1.82) is 0 Å². The van der Waals surface area contributed by atoms with Crippen molar-refractivity contribution in [2.24, 2.45) is 4.99 Å². The van der Waals surface area contributed by atoms with Gasteiger partial charge in [-0.25, -0.2) is 9.79 Å². The summed E-state index contributed by atoms with van der Waals surface area (Å²) in [7, 11) is 3.61. The van der Waals surface area contributed by atoms with Crippen molar-refractivity contribution in [3.63, 3.8) is 0 Å². The molecule has 0 amide bonds. The smallest absolute Gasteiger partial charge is 0.351 e. The standard InChI is InChI=1S/C14H22N4O4/c1-5-9-11(19)14(2,21)12(22-9)18-7-6-10(16-13(18)20)15-8-17(3)4/h6-9,11-12,19,21H,5H2,1-4H3/t9-,11?,12?,14+/m1/s1. The normalized spacial score (nSPS) is 31.8. The van der Waals surface area contributed by atoms with Crippen molar-refractivity contribution in [2.45, 2.75) is 44.3 Å². The number of nitrogens with zero attached hydrogens (tertiary/aromatic N) is 4. The number of aliphatic imine (C=N–C) groups is 1. The summed E-state index contributed by atoms with van der Waals surface area (Å²) >= 11 is 0. The van der Waals surface area contributed by atoms with Crippen LogP contribution in [0.3, 0.4) is 0 Å². The van der Waals surface area contributed by atoms with E-state index in [1.807, 2.05) is 6.92 Å². The van der Waals surface area contributed by atoms with Gasteiger partial charge in [0.2, 0.25) is 0 Å². The van der Waals surface area contributed by atoms with E-state index < -0.39 is 29.7 Å². The molecular weight excluding hydrogens is 288 g/mol. The SMILES string of the molecule is CC[C@H]1OC(n2ccc(N=CN(C)C)nc2=O)[C@@](C)(O)C1O. The minimum atomic E-state index is -1.57. The fourth-order valence-electron chi connectivity index (χ4n) is 2.40. The molecule has 1 aromatic heterocycles. The molecule has 0 saturated carbocycles. The van der Waals surface area contributed by atoms with Crippen LogP contribution < -0.4 is 5.69 Å². The first kappa shape index (κ1) is 16.6. The molecule has 1 aliphatic rings. The zero-order valence-electron chi connectivity index (χ0n) is 13.2.